The fraction of sp³-hybridized carbons (Fsp3) is 0.419. The van der Waals surface area contributed by atoms with Crippen molar-refractivity contribution in [2.75, 3.05) is 6.54 Å². The molecule has 0 heterocycles. The Morgan fingerprint density at radius 2 is 1.32 bits per heavy atom. The van der Waals surface area contributed by atoms with Crippen molar-refractivity contribution in [1.82, 2.24) is 10.6 Å². The lowest BCUT2D eigenvalue weighted by Gasteiger charge is -2.26. The zero-order chi connectivity index (χ0) is 24.6. The smallest absolute Gasteiger partial charge is 0.119 e. The molecule has 0 saturated carbocycles. The molecule has 0 aliphatic heterocycles. The Morgan fingerprint density at radius 1 is 0.706 bits per heavy atom. The molecule has 0 aliphatic rings. The Balaban J connectivity index is 1.58. The van der Waals surface area contributed by atoms with Crippen LogP contribution < -0.4 is 15.4 Å². The van der Waals surface area contributed by atoms with E-state index in [1.807, 2.05) is 18.2 Å². The van der Waals surface area contributed by atoms with Crippen LogP contribution in [-0.2, 0) is 25.0 Å². The van der Waals surface area contributed by atoms with Gasteiger partial charge in [-0.2, -0.15) is 0 Å². The van der Waals surface area contributed by atoms with E-state index in [1.165, 1.54) is 22.3 Å². The van der Waals surface area contributed by atoms with E-state index in [1.54, 1.807) is 0 Å². The van der Waals surface area contributed by atoms with Crippen molar-refractivity contribution in [2.24, 2.45) is 0 Å². The van der Waals surface area contributed by atoms with Crippen molar-refractivity contribution >= 4 is 0 Å². The number of rotatable bonds is 10. The molecular weight excluding hydrogens is 416 g/mol. The van der Waals surface area contributed by atoms with Crippen molar-refractivity contribution in [2.45, 2.75) is 78.1 Å². The number of nitrogens with one attached hydrogen (secondary N) is 2. The van der Waals surface area contributed by atoms with Crippen molar-refractivity contribution in [3.63, 3.8) is 0 Å². The molecule has 0 radical (unpaired) electrons. The first-order valence-corrected chi connectivity index (χ1v) is 12.4. The molecule has 182 valence electrons. The van der Waals surface area contributed by atoms with E-state index in [0.29, 0.717) is 12.6 Å². The van der Waals surface area contributed by atoms with Crippen LogP contribution in [0.2, 0.25) is 0 Å². The van der Waals surface area contributed by atoms with Gasteiger partial charge in [0.2, 0.25) is 0 Å². The third-order valence-corrected chi connectivity index (χ3v) is 5.95. The molecule has 3 rings (SSSR count). The molecule has 1 atom stereocenters. The van der Waals surface area contributed by atoms with Crippen LogP contribution in [0.25, 0.3) is 0 Å². The molecule has 0 aliphatic carbocycles. The average molecular weight is 459 g/mol. The standard InChI is InChI=1S/C31H42N2O/c1-30(2,3)27-16-12-25(13-17-27)21-32-28(22-33-31(4,5)6)20-24-14-18-29(19-15-24)34-23-26-10-8-7-9-11-26/h7-19,28,32-33H,20-23H2,1-6H3. The van der Waals surface area contributed by atoms with Crippen molar-refractivity contribution in [1.29, 1.82) is 0 Å². The summed E-state index contributed by atoms with van der Waals surface area (Å²) in [5.74, 6) is 0.906. The van der Waals surface area contributed by atoms with Crippen LogP contribution in [0.4, 0.5) is 0 Å². The summed E-state index contributed by atoms with van der Waals surface area (Å²) in [7, 11) is 0. The second kappa shape index (κ2) is 11.7. The van der Waals surface area contributed by atoms with Crippen LogP contribution in [0.15, 0.2) is 78.9 Å². The molecule has 3 aromatic carbocycles. The quantitative estimate of drug-likeness (QED) is 0.357. The van der Waals surface area contributed by atoms with Crippen LogP contribution in [0, 0.1) is 0 Å². The second-order valence-electron chi connectivity index (χ2n) is 11.3. The lowest BCUT2D eigenvalue weighted by Crippen LogP contribution is -2.46. The van der Waals surface area contributed by atoms with E-state index in [-0.39, 0.29) is 11.0 Å². The van der Waals surface area contributed by atoms with E-state index in [0.717, 1.165) is 25.3 Å². The molecule has 3 heteroatoms. The predicted octanol–water partition coefficient (Wildman–Crippen LogP) is 6.65. The van der Waals surface area contributed by atoms with Crippen LogP contribution in [0.1, 0.15) is 63.8 Å². The Bertz CT molecular complexity index is 981. The molecular formula is C31H42N2O. The van der Waals surface area contributed by atoms with E-state index in [2.05, 4.69) is 113 Å². The highest BCUT2D eigenvalue weighted by Crippen LogP contribution is 2.22. The summed E-state index contributed by atoms with van der Waals surface area (Å²) < 4.78 is 5.96. The minimum Gasteiger partial charge on any atom is -0.489 e. The number of benzene rings is 3. The first-order valence-electron chi connectivity index (χ1n) is 12.4. The van der Waals surface area contributed by atoms with Crippen LogP contribution >= 0.6 is 0 Å². The summed E-state index contributed by atoms with van der Waals surface area (Å²) in [5.41, 5.74) is 5.45. The lowest BCUT2D eigenvalue weighted by atomic mass is 9.87. The van der Waals surface area contributed by atoms with Gasteiger partial charge in [-0.1, -0.05) is 87.5 Å². The minimum absolute atomic E-state index is 0.0867. The van der Waals surface area contributed by atoms with Gasteiger partial charge in [0.05, 0.1) is 0 Å². The minimum atomic E-state index is 0.0867. The summed E-state index contributed by atoms with van der Waals surface area (Å²) >= 11 is 0. The Hall–Kier alpha value is -2.62. The molecule has 1 unspecified atom stereocenters. The average Bonchev–Trinajstić information content (AvgIpc) is 2.80. The SMILES string of the molecule is CC(C)(C)NCC(Cc1ccc(OCc2ccccc2)cc1)NCc1ccc(C(C)(C)C)cc1. The molecule has 0 amide bonds. The zero-order valence-corrected chi connectivity index (χ0v) is 21.8. The Labute approximate surface area is 207 Å². The molecule has 34 heavy (non-hydrogen) atoms. The molecule has 0 bridgehead atoms. The van der Waals surface area contributed by atoms with E-state index >= 15 is 0 Å². The van der Waals surface area contributed by atoms with E-state index in [9.17, 15) is 0 Å². The monoisotopic (exact) mass is 458 g/mol. The molecule has 0 aromatic heterocycles. The van der Waals surface area contributed by atoms with Gasteiger partial charge in [-0.05, 0) is 67.0 Å². The Kier molecular flexibility index (Phi) is 8.93. The normalized spacial score (nSPS) is 13.0. The van der Waals surface area contributed by atoms with Crippen molar-refractivity contribution < 1.29 is 4.74 Å². The maximum atomic E-state index is 5.96. The fourth-order valence-electron chi connectivity index (χ4n) is 3.78. The van der Waals surface area contributed by atoms with Gasteiger partial charge in [0.25, 0.3) is 0 Å². The van der Waals surface area contributed by atoms with Gasteiger partial charge >= 0.3 is 0 Å². The van der Waals surface area contributed by atoms with Gasteiger partial charge in [0.1, 0.15) is 12.4 Å². The first-order chi connectivity index (χ1) is 16.1. The predicted molar refractivity (Wildman–Crippen MR) is 144 cm³/mol. The van der Waals surface area contributed by atoms with Crippen LogP contribution in [-0.4, -0.2) is 18.1 Å². The van der Waals surface area contributed by atoms with E-state index < -0.39 is 0 Å². The molecule has 2 N–H and O–H groups in total. The van der Waals surface area contributed by atoms with Crippen molar-refractivity contribution in [3.05, 3.63) is 101 Å². The molecule has 0 spiro atoms. The number of ether oxygens (including phenoxy) is 1. The topological polar surface area (TPSA) is 33.3 Å². The number of hydrogen-bond donors (Lipinski definition) is 2. The van der Waals surface area contributed by atoms with Gasteiger partial charge in [-0.25, -0.2) is 0 Å². The third kappa shape index (κ3) is 8.96. The summed E-state index contributed by atoms with van der Waals surface area (Å²) in [5, 5.41) is 7.45. The third-order valence-electron chi connectivity index (χ3n) is 5.95. The highest BCUT2D eigenvalue weighted by Gasteiger charge is 2.16. The van der Waals surface area contributed by atoms with Gasteiger partial charge in [0, 0.05) is 24.7 Å². The van der Waals surface area contributed by atoms with Gasteiger partial charge in [0.15, 0.2) is 0 Å². The maximum absolute atomic E-state index is 5.96. The van der Waals surface area contributed by atoms with Gasteiger partial charge in [-0.3, -0.25) is 0 Å². The largest absolute Gasteiger partial charge is 0.489 e. The highest BCUT2D eigenvalue weighted by atomic mass is 16.5. The first kappa shape index (κ1) is 26.0. The summed E-state index contributed by atoms with van der Waals surface area (Å²) in [4.78, 5) is 0. The lowest BCUT2D eigenvalue weighted by molar-refractivity contribution is 0.306. The van der Waals surface area contributed by atoms with Crippen molar-refractivity contribution in [3.8, 4) is 5.75 Å². The van der Waals surface area contributed by atoms with Gasteiger partial charge < -0.3 is 15.4 Å². The van der Waals surface area contributed by atoms with Crippen LogP contribution in [0.5, 0.6) is 5.75 Å². The number of hydrogen-bond acceptors (Lipinski definition) is 3. The van der Waals surface area contributed by atoms with Gasteiger partial charge in [-0.15, -0.1) is 0 Å². The molecule has 0 saturated heterocycles. The molecule has 3 nitrogen and oxygen atoms in total. The van der Waals surface area contributed by atoms with E-state index in [4.69, 9.17) is 4.74 Å². The maximum Gasteiger partial charge on any atom is 0.119 e. The van der Waals surface area contributed by atoms with Crippen LogP contribution in [0.3, 0.4) is 0 Å². The molecule has 0 fully saturated rings. The zero-order valence-electron chi connectivity index (χ0n) is 21.8. The Morgan fingerprint density at radius 3 is 1.91 bits per heavy atom. The fourth-order valence-corrected chi connectivity index (χ4v) is 3.78. The highest BCUT2D eigenvalue weighted by molar-refractivity contribution is 5.29. The summed E-state index contributed by atoms with van der Waals surface area (Å²) in [6, 6.07) is 28.2. The summed E-state index contributed by atoms with van der Waals surface area (Å²) in [6.07, 6.45) is 0.960. The summed E-state index contributed by atoms with van der Waals surface area (Å²) in [6.45, 7) is 15.8. The second-order valence-corrected chi connectivity index (χ2v) is 11.3. The molecule has 3 aromatic rings.